The topological polar surface area (TPSA) is 26.3 Å². The van der Waals surface area contributed by atoms with Crippen molar-refractivity contribution >= 4 is 5.78 Å². The van der Waals surface area contributed by atoms with E-state index in [4.69, 9.17) is 4.74 Å². The van der Waals surface area contributed by atoms with Crippen LogP contribution in [0.15, 0.2) is 24.3 Å². The van der Waals surface area contributed by atoms with E-state index in [1.54, 1.807) is 18.2 Å². The third-order valence-corrected chi connectivity index (χ3v) is 1.51. The third kappa shape index (κ3) is 0.634. The second-order valence-electron chi connectivity index (χ2n) is 2.17. The number of hydrogen-bond donors (Lipinski definition) is 0. The maximum atomic E-state index is 10.8. The van der Waals surface area contributed by atoms with Gasteiger partial charge in [0, 0.05) is 0 Å². The molecule has 0 fully saturated rings. The number of ketones is 1. The van der Waals surface area contributed by atoms with Crippen LogP contribution in [0.1, 0.15) is 0 Å². The lowest BCUT2D eigenvalue weighted by atomic mass is 10.2. The summed E-state index contributed by atoms with van der Waals surface area (Å²) in [6, 6.07) is 0. The minimum atomic E-state index is -0.278. The van der Waals surface area contributed by atoms with Crippen LogP contribution >= 0.6 is 0 Å². The minimum absolute atomic E-state index is 0.0556. The molecule has 2 unspecified atom stereocenters. The molecule has 2 bridgehead atoms. The highest BCUT2D eigenvalue weighted by Crippen LogP contribution is 2.17. The van der Waals surface area contributed by atoms with Crippen molar-refractivity contribution in [2.45, 2.75) is 12.2 Å². The van der Waals surface area contributed by atoms with Crippen LogP contribution in [0.5, 0.6) is 0 Å². The normalized spacial score (nSPS) is 38.0. The standard InChI is InChI=1S/C7H6O2/c8-6-3-1-5-2-4-7(6)9-5/h1-5,7H. The van der Waals surface area contributed by atoms with E-state index in [-0.39, 0.29) is 18.0 Å². The molecule has 46 valence electrons. The van der Waals surface area contributed by atoms with Crippen molar-refractivity contribution in [1.29, 1.82) is 0 Å². The highest BCUT2D eigenvalue weighted by atomic mass is 16.5. The first-order valence-corrected chi connectivity index (χ1v) is 2.92. The average Bonchev–Trinajstić information content (AvgIpc) is 2.25. The second-order valence-corrected chi connectivity index (χ2v) is 2.17. The van der Waals surface area contributed by atoms with Crippen molar-refractivity contribution < 1.29 is 9.53 Å². The van der Waals surface area contributed by atoms with Crippen molar-refractivity contribution in [2.75, 3.05) is 0 Å². The number of ether oxygens (including phenoxy) is 1. The average molecular weight is 122 g/mol. The van der Waals surface area contributed by atoms with Gasteiger partial charge in [0.15, 0.2) is 5.78 Å². The molecule has 2 nitrogen and oxygen atoms in total. The van der Waals surface area contributed by atoms with E-state index < -0.39 is 0 Å². The molecular formula is C7H6O2. The molecule has 2 heterocycles. The molecular weight excluding hydrogens is 116 g/mol. The lowest BCUT2D eigenvalue weighted by Gasteiger charge is -2.12. The SMILES string of the molecule is O=C1C=CC2C=CC1O2. The first-order chi connectivity index (χ1) is 4.36. The number of hydrogen-bond acceptors (Lipinski definition) is 2. The smallest absolute Gasteiger partial charge is 0.188 e. The van der Waals surface area contributed by atoms with Crippen LogP contribution in [0, 0.1) is 0 Å². The van der Waals surface area contributed by atoms with Crippen LogP contribution in [-0.4, -0.2) is 18.0 Å². The van der Waals surface area contributed by atoms with Gasteiger partial charge in [0.05, 0.1) is 6.10 Å². The molecule has 9 heavy (non-hydrogen) atoms. The van der Waals surface area contributed by atoms with Gasteiger partial charge in [-0.1, -0.05) is 6.08 Å². The van der Waals surface area contributed by atoms with Gasteiger partial charge in [0.1, 0.15) is 6.10 Å². The van der Waals surface area contributed by atoms with E-state index in [0.717, 1.165) is 0 Å². The molecule has 2 rings (SSSR count). The quantitative estimate of drug-likeness (QED) is 0.436. The first kappa shape index (κ1) is 4.94. The van der Waals surface area contributed by atoms with E-state index >= 15 is 0 Å². The summed E-state index contributed by atoms with van der Waals surface area (Å²) in [7, 11) is 0. The van der Waals surface area contributed by atoms with Gasteiger partial charge < -0.3 is 4.74 Å². The van der Waals surface area contributed by atoms with Crippen LogP contribution in [0.25, 0.3) is 0 Å². The summed E-state index contributed by atoms with van der Waals surface area (Å²) in [4.78, 5) is 10.8. The first-order valence-electron chi connectivity index (χ1n) is 2.92. The molecule has 0 N–H and O–H groups in total. The summed E-state index contributed by atoms with van der Waals surface area (Å²) < 4.78 is 5.16. The minimum Gasteiger partial charge on any atom is -0.355 e. The molecule has 0 saturated heterocycles. The Morgan fingerprint density at radius 1 is 1.33 bits per heavy atom. The van der Waals surface area contributed by atoms with E-state index in [0.29, 0.717) is 0 Å². The lowest BCUT2D eigenvalue weighted by molar-refractivity contribution is -0.123. The molecule has 0 aliphatic carbocycles. The van der Waals surface area contributed by atoms with Gasteiger partial charge in [-0.05, 0) is 18.2 Å². The zero-order valence-corrected chi connectivity index (χ0v) is 4.78. The lowest BCUT2D eigenvalue weighted by Crippen LogP contribution is -2.23. The number of carbonyl (C=O) groups is 1. The van der Waals surface area contributed by atoms with Crippen LogP contribution in [0.4, 0.5) is 0 Å². The molecule has 0 aromatic heterocycles. The Labute approximate surface area is 52.8 Å². The van der Waals surface area contributed by atoms with E-state index in [1.165, 1.54) is 0 Å². The summed E-state index contributed by atoms with van der Waals surface area (Å²) in [6.45, 7) is 0. The Hall–Kier alpha value is -0.890. The molecule has 0 spiro atoms. The van der Waals surface area contributed by atoms with Crippen LogP contribution in [0.3, 0.4) is 0 Å². The van der Waals surface area contributed by atoms with Crippen molar-refractivity contribution in [3.05, 3.63) is 24.3 Å². The van der Waals surface area contributed by atoms with Crippen molar-refractivity contribution in [3.8, 4) is 0 Å². The van der Waals surface area contributed by atoms with E-state index in [9.17, 15) is 4.79 Å². The fraction of sp³-hybridized carbons (Fsp3) is 0.286. The predicted octanol–water partition coefficient (Wildman–Crippen LogP) is 0.449. The second kappa shape index (κ2) is 1.54. The molecule has 0 aromatic rings. The van der Waals surface area contributed by atoms with Gasteiger partial charge in [-0.25, -0.2) is 0 Å². The summed E-state index contributed by atoms with van der Waals surface area (Å²) >= 11 is 0. The largest absolute Gasteiger partial charge is 0.355 e. The Morgan fingerprint density at radius 3 is 3.00 bits per heavy atom. The van der Waals surface area contributed by atoms with Crippen molar-refractivity contribution in [1.82, 2.24) is 0 Å². The van der Waals surface area contributed by atoms with Gasteiger partial charge in [0.25, 0.3) is 0 Å². The summed E-state index contributed by atoms with van der Waals surface area (Å²) in [5, 5.41) is 0. The van der Waals surface area contributed by atoms with E-state index in [2.05, 4.69) is 0 Å². The van der Waals surface area contributed by atoms with Crippen LogP contribution < -0.4 is 0 Å². The maximum absolute atomic E-state index is 10.8. The van der Waals surface area contributed by atoms with Gasteiger partial charge in [-0.15, -0.1) is 0 Å². The number of carbonyl (C=O) groups excluding carboxylic acids is 1. The molecule has 2 aliphatic heterocycles. The van der Waals surface area contributed by atoms with Crippen LogP contribution in [0.2, 0.25) is 0 Å². The van der Waals surface area contributed by atoms with Crippen molar-refractivity contribution in [2.24, 2.45) is 0 Å². The Morgan fingerprint density at radius 2 is 2.22 bits per heavy atom. The van der Waals surface area contributed by atoms with Crippen molar-refractivity contribution in [3.63, 3.8) is 0 Å². The summed E-state index contributed by atoms with van der Waals surface area (Å²) in [5.74, 6) is 0.0556. The fourth-order valence-corrected chi connectivity index (χ4v) is 1.03. The molecule has 0 radical (unpaired) electrons. The van der Waals surface area contributed by atoms with Gasteiger partial charge >= 0.3 is 0 Å². The molecule has 2 atom stereocenters. The van der Waals surface area contributed by atoms with Gasteiger partial charge in [-0.3, -0.25) is 4.79 Å². The van der Waals surface area contributed by atoms with Gasteiger partial charge in [-0.2, -0.15) is 0 Å². The highest BCUT2D eigenvalue weighted by Gasteiger charge is 2.25. The summed E-state index contributed by atoms with van der Waals surface area (Å²) in [5.41, 5.74) is 0. The molecule has 2 heteroatoms. The number of fused-ring (bicyclic) bond motifs is 2. The van der Waals surface area contributed by atoms with E-state index in [1.807, 2.05) is 6.08 Å². The third-order valence-electron chi connectivity index (χ3n) is 1.51. The summed E-state index contributed by atoms with van der Waals surface area (Å²) in [6.07, 6.45) is 6.83. The Kier molecular flexibility index (Phi) is 0.848. The molecule has 0 saturated carbocycles. The van der Waals surface area contributed by atoms with Crippen LogP contribution in [-0.2, 0) is 9.53 Å². The molecule has 0 aromatic carbocycles. The Balaban J connectivity index is 2.39. The maximum Gasteiger partial charge on any atom is 0.188 e. The molecule has 2 aliphatic rings. The molecule has 0 amide bonds. The number of rotatable bonds is 0. The van der Waals surface area contributed by atoms with Gasteiger partial charge in [0.2, 0.25) is 0 Å². The zero-order valence-electron chi connectivity index (χ0n) is 4.78. The fourth-order valence-electron chi connectivity index (χ4n) is 1.03. The highest BCUT2D eigenvalue weighted by molar-refractivity contribution is 5.96. The zero-order chi connectivity index (χ0) is 6.27. The Bertz CT molecular complexity index is 203. The monoisotopic (exact) mass is 122 g/mol. The predicted molar refractivity (Wildman–Crippen MR) is 31.9 cm³/mol.